The standard InChI is InChI=1S/C14H22ClNS/c1-2-3-4-5-6-7-10-17-14-11-12(16)8-9-13(14)15/h8-9,11H,2-7,10,16H2,1H3. The molecule has 0 heterocycles. The molecule has 1 nitrogen and oxygen atoms in total. The topological polar surface area (TPSA) is 26.0 Å². The van der Waals surface area contributed by atoms with Crippen LogP contribution in [0.2, 0.25) is 5.02 Å². The van der Waals surface area contributed by atoms with Crippen LogP contribution in [0.3, 0.4) is 0 Å². The third kappa shape index (κ3) is 6.23. The van der Waals surface area contributed by atoms with Gasteiger partial charge in [0.2, 0.25) is 0 Å². The lowest BCUT2D eigenvalue weighted by atomic mass is 10.1. The Morgan fingerprint density at radius 2 is 1.82 bits per heavy atom. The van der Waals surface area contributed by atoms with Gasteiger partial charge in [-0.1, -0.05) is 50.6 Å². The van der Waals surface area contributed by atoms with Crippen molar-refractivity contribution in [1.29, 1.82) is 0 Å². The number of hydrogen-bond donors (Lipinski definition) is 1. The van der Waals surface area contributed by atoms with Crippen LogP contribution >= 0.6 is 23.4 Å². The van der Waals surface area contributed by atoms with Crippen LogP contribution in [-0.2, 0) is 0 Å². The Kier molecular flexibility index (Phi) is 7.54. The smallest absolute Gasteiger partial charge is 0.0543 e. The molecule has 0 atom stereocenters. The summed E-state index contributed by atoms with van der Waals surface area (Å²) in [6, 6.07) is 5.68. The minimum absolute atomic E-state index is 0.792. The van der Waals surface area contributed by atoms with Crippen molar-refractivity contribution in [3.8, 4) is 0 Å². The average Bonchev–Trinajstić information content (AvgIpc) is 2.32. The Balaban J connectivity index is 2.15. The van der Waals surface area contributed by atoms with Crippen LogP contribution in [0.15, 0.2) is 23.1 Å². The van der Waals surface area contributed by atoms with Gasteiger partial charge >= 0.3 is 0 Å². The van der Waals surface area contributed by atoms with Gasteiger partial charge in [-0.05, 0) is 30.4 Å². The Hall–Kier alpha value is -0.340. The number of anilines is 1. The van der Waals surface area contributed by atoms with Gasteiger partial charge in [-0.2, -0.15) is 0 Å². The molecule has 0 spiro atoms. The summed E-state index contributed by atoms with van der Waals surface area (Å²) < 4.78 is 0. The average molecular weight is 272 g/mol. The fraction of sp³-hybridized carbons (Fsp3) is 0.571. The fourth-order valence-electron chi connectivity index (χ4n) is 1.70. The first-order valence-corrected chi connectivity index (χ1v) is 7.78. The van der Waals surface area contributed by atoms with Gasteiger partial charge in [-0.25, -0.2) is 0 Å². The molecule has 0 amide bonds. The molecule has 1 rings (SSSR count). The van der Waals surface area contributed by atoms with E-state index in [1.54, 1.807) is 0 Å². The van der Waals surface area contributed by atoms with Crippen LogP contribution in [0.4, 0.5) is 5.69 Å². The lowest BCUT2D eigenvalue weighted by molar-refractivity contribution is 0.627. The van der Waals surface area contributed by atoms with Crippen molar-refractivity contribution in [2.75, 3.05) is 11.5 Å². The third-order valence-corrected chi connectivity index (χ3v) is 4.29. The van der Waals surface area contributed by atoms with Crippen molar-refractivity contribution in [2.24, 2.45) is 0 Å². The lowest BCUT2D eigenvalue weighted by Crippen LogP contribution is -1.87. The highest BCUT2D eigenvalue weighted by molar-refractivity contribution is 7.99. The largest absolute Gasteiger partial charge is 0.399 e. The molecule has 0 unspecified atom stereocenters. The van der Waals surface area contributed by atoms with E-state index >= 15 is 0 Å². The Labute approximate surface area is 114 Å². The van der Waals surface area contributed by atoms with E-state index in [4.69, 9.17) is 17.3 Å². The molecule has 0 aromatic heterocycles. The lowest BCUT2D eigenvalue weighted by Gasteiger charge is -2.05. The maximum atomic E-state index is 6.10. The van der Waals surface area contributed by atoms with Gasteiger partial charge in [0.25, 0.3) is 0 Å². The summed E-state index contributed by atoms with van der Waals surface area (Å²) in [6.45, 7) is 2.25. The summed E-state index contributed by atoms with van der Waals surface area (Å²) in [6.07, 6.45) is 8.01. The predicted octanol–water partition coefficient (Wildman–Crippen LogP) is 5.37. The molecule has 0 bridgehead atoms. The molecule has 0 aliphatic heterocycles. The maximum Gasteiger partial charge on any atom is 0.0543 e. The summed E-state index contributed by atoms with van der Waals surface area (Å²) in [5.74, 6) is 1.13. The Bertz CT molecular complexity index is 328. The van der Waals surface area contributed by atoms with Gasteiger partial charge < -0.3 is 5.73 Å². The summed E-state index contributed by atoms with van der Waals surface area (Å²) >= 11 is 7.91. The van der Waals surface area contributed by atoms with Crippen LogP contribution in [0.25, 0.3) is 0 Å². The molecule has 0 fully saturated rings. The van der Waals surface area contributed by atoms with E-state index in [0.29, 0.717) is 0 Å². The molecule has 0 radical (unpaired) electrons. The second kappa shape index (κ2) is 8.71. The molecule has 3 heteroatoms. The number of nitrogen functional groups attached to an aromatic ring is 1. The van der Waals surface area contributed by atoms with E-state index in [0.717, 1.165) is 21.4 Å². The van der Waals surface area contributed by atoms with Crippen LogP contribution in [-0.4, -0.2) is 5.75 Å². The van der Waals surface area contributed by atoms with Crippen molar-refractivity contribution >= 4 is 29.1 Å². The minimum atomic E-state index is 0.792. The summed E-state index contributed by atoms with van der Waals surface area (Å²) in [7, 11) is 0. The summed E-state index contributed by atoms with van der Waals surface area (Å²) in [5.41, 5.74) is 6.53. The highest BCUT2D eigenvalue weighted by Gasteiger charge is 2.01. The minimum Gasteiger partial charge on any atom is -0.399 e. The molecule has 0 aliphatic rings. The van der Waals surface area contributed by atoms with Gasteiger partial charge in [-0.3, -0.25) is 0 Å². The van der Waals surface area contributed by atoms with Gasteiger partial charge in [0, 0.05) is 10.6 Å². The molecule has 0 saturated heterocycles. The molecular weight excluding hydrogens is 250 g/mol. The molecule has 1 aromatic carbocycles. The number of thioether (sulfide) groups is 1. The van der Waals surface area contributed by atoms with E-state index in [1.807, 2.05) is 30.0 Å². The van der Waals surface area contributed by atoms with E-state index in [9.17, 15) is 0 Å². The van der Waals surface area contributed by atoms with E-state index in [1.165, 1.54) is 38.5 Å². The number of hydrogen-bond acceptors (Lipinski definition) is 2. The Morgan fingerprint density at radius 3 is 2.59 bits per heavy atom. The number of unbranched alkanes of at least 4 members (excludes halogenated alkanes) is 5. The van der Waals surface area contributed by atoms with Crippen molar-refractivity contribution in [2.45, 2.75) is 50.3 Å². The molecule has 1 aromatic rings. The number of nitrogens with two attached hydrogens (primary N) is 1. The third-order valence-electron chi connectivity index (χ3n) is 2.71. The Morgan fingerprint density at radius 1 is 1.12 bits per heavy atom. The molecule has 17 heavy (non-hydrogen) atoms. The highest BCUT2D eigenvalue weighted by Crippen LogP contribution is 2.29. The second-order valence-electron chi connectivity index (χ2n) is 4.31. The summed E-state index contributed by atoms with van der Waals surface area (Å²) in [4.78, 5) is 1.11. The highest BCUT2D eigenvalue weighted by atomic mass is 35.5. The van der Waals surface area contributed by atoms with Crippen molar-refractivity contribution in [3.63, 3.8) is 0 Å². The van der Waals surface area contributed by atoms with Crippen LogP contribution in [0, 0.1) is 0 Å². The van der Waals surface area contributed by atoms with E-state index in [2.05, 4.69) is 6.92 Å². The van der Waals surface area contributed by atoms with Gasteiger partial charge in [0.1, 0.15) is 0 Å². The van der Waals surface area contributed by atoms with Crippen LogP contribution in [0.5, 0.6) is 0 Å². The number of benzene rings is 1. The SMILES string of the molecule is CCCCCCCCSc1cc(N)ccc1Cl. The van der Waals surface area contributed by atoms with E-state index < -0.39 is 0 Å². The molecular formula is C14H22ClNS. The van der Waals surface area contributed by atoms with Crippen LogP contribution in [0.1, 0.15) is 45.4 Å². The van der Waals surface area contributed by atoms with Gasteiger partial charge in [0.15, 0.2) is 0 Å². The maximum absolute atomic E-state index is 6.10. The monoisotopic (exact) mass is 271 g/mol. The first-order valence-electron chi connectivity index (χ1n) is 6.42. The van der Waals surface area contributed by atoms with Crippen LogP contribution < -0.4 is 5.73 Å². The molecule has 96 valence electrons. The zero-order chi connectivity index (χ0) is 12.5. The van der Waals surface area contributed by atoms with Crippen molar-refractivity contribution in [1.82, 2.24) is 0 Å². The predicted molar refractivity (Wildman–Crippen MR) is 80.0 cm³/mol. The normalized spacial score (nSPS) is 10.7. The van der Waals surface area contributed by atoms with Gasteiger partial charge in [-0.15, -0.1) is 11.8 Å². The summed E-state index contributed by atoms with van der Waals surface area (Å²) in [5, 5.41) is 0.815. The number of halogens is 1. The number of rotatable bonds is 8. The zero-order valence-corrected chi connectivity index (χ0v) is 12.1. The molecule has 0 saturated carbocycles. The molecule has 0 aliphatic carbocycles. The molecule has 2 N–H and O–H groups in total. The second-order valence-corrected chi connectivity index (χ2v) is 5.85. The van der Waals surface area contributed by atoms with E-state index in [-0.39, 0.29) is 0 Å². The van der Waals surface area contributed by atoms with Crippen molar-refractivity contribution < 1.29 is 0 Å². The zero-order valence-electron chi connectivity index (χ0n) is 10.5. The first kappa shape index (κ1) is 14.7. The van der Waals surface area contributed by atoms with Gasteiger partial charge in [0.05, 0.1) is 5.02 Å². The quantitative estimate of drug-likeness (QED) is 0.390. The van der Waals surface area contributed by atoms with Crippen molar-refractivity contribution in [3.05, 3.63) is 23.2 Å². The first-order chi connectivity index (χ1) is 8.24. The fourth-order valence-corrected chi connectivity index (χ4v) is 2.97.